The molecule has 1 atom stereocenters. The second kappa shape index (κ2) is 7.35. The maximum Gasteiger partial charge on any atom is 0.225 e. The van der Waals surface area contributed by atoms with Crippen molar-refractivity contribution in [2.75, 3.05) is 0 Å². The molecule has 1 aliphatic rings. The predicted octanol–water partition coefficient (Wildman–Crippen LogP) is 2.53. The number of carbonyl (C=O) groups excluding carboxylic acids is 1. The van der Waals surface area contributed by atoms with Gasteiger partial charge in [0.05, 0.1) is 12.1 Å². The summed E-state index contributed by atoms with van der Waals surface area (Å²) in [5, 5.41) is 15.4. The molecule has 1 aromatic heterocycles. The molecule has 3 N–H and O–H groups in total. The number of aryl methyl sites for hydroxylation is 2. The first-order valence-corrected chi connectivity index (χ1v) is 8.95. The first-order chi connectivity index (χ1) is 12.0. The Bertz CT molecular complexity index is 763. The van der Waals surface area contributed by atoms with Gasteiger partial charge in [0.1, 0.15) is 6.10 Å². The third kappa shape index (κ3) is 3.90. The van der Waals surface area contributed by atoms with Crippen molar-refractivity contribution >= 4 is 5.91 Å². The molecule has 2 aromatic rings. The largest absolute Gasteiger partial charge is 0.385 e. The zero-order valence-corrected chi connectivity index (χ0v) is 14.9. The first kappa shape index (κ1) is 17.6. The van der Waals surface area contributed by atoms with Gasteiger partial charge in [-0.15, -0.1) is 0 Å². The number of aliphatic hydroxyl groups excluding tert-OH is 1. The summed E-state index contributed by atoms with van der Waals surface area (Å²) in [4.78, 5) is 15.8. The van der Waals surface area contributed by atoms with E-state index in [-0.39, 0.29) is 12.3 Å². The minimum Gasteiger partial charge on any atom is -0.385 e. The van der Waals surface area contributed by atoms with E-state index in [2.05, 4.69) is 10.1 Å². The minimum atomic E-state index is -0.686. The fourth-order valence-electron chi connectivity index (χ4n) is 3.58. The highest BCUT2D eigenvalue weighted by Gasteiger charge is 2.29. The van der Waals surface area contributed by atoms with E-state index in [1.165, 1.54) is 6.42 Å². The molecule has 25 heavy (non-hydrogen) atoms. The molecule has 1 aliphatic carbocycles. The molecule has 1 aromatic carbocycles. The van der Waals surface area contributed by atoms with Gasteiger partial charge in [0.2, 0.25) is 5.91 Å². The maximum absolute atomic E-state index is 11.3. The molecule has 0 aliphatic heterocycles. The Labute approximate surface area is 148 Å². The van der Waals surface area contributed by atoms with E-state index in [0.29, 0.717) is 11.6 Å². The molecule has 0 radical (unpaired) electrons. The lowest BCUT2D eigenvalue weighted by Gasteiger charge is -2.26. The number of nitrogens with zero attached hydrogens (tertiary/aromatic N) is 3. The third-order valence-electron chi connectivity index (χ3n) is 4.96. The van der Waals surface area contributed by atoms with Crippen LogP contribution in [0.15, 0.2) is 18.2 Å². The lowest BCUT2D eigenvalue weighted by atomic mass is 9.85. The molecule has 1 heterocycles. The van der Waals surface area contributed by atoms with Gasteiger partial charge in [0, 0.05) is 0 Å². The zero-order valence-electron chi connectivity index (χ0n) is 14.9. The number of rotatable bonds is 5. The number of aromatic nitrogens is 3. The monoisotopic (exact) mass is 342 g/mol. The van der Waals surface area contributed by atoms with E-state index in [1.54, 1.807) is 4.68 Å². The molecular weight excluding hydrogens is 316 g/mol. The third-order valence-corrected chi connectivity index (χ3v) is 4.96. The molecule has 1 amide bonds. The molecule has 0 saturated heterocycles. The summed E-state index contributed by atoms with van der Waals surface area (Å²) in [5.41, 5.74) is 8.33. The second-order valence-corrected chi connectivity index (χ2v) is 7.07. The second-order valence-electron chi connectivity index (χ2n) is 7.07. The number of nitrogens with two attached hydrogens (primary N) is 1. The first-order valence-electron chi connectivity index (χ1n) is 8.95. The minimum absolute atomic E-state index is 0.0255. The van der Waals surface area contributed by atoms with Gasteiger partial charge in [-0.2, -0.15) is 5.10 Å². The van der Waals surface area contributed by atoms with Gasteiger partial charge in [0.15, 0.2) is 11.6 Å². The van der Waals surface area contributed by atoms with Crippen molar-refractivity contribution in [2.24, 2.45) is 11.7 Å². The Morgan fingerprint density at radius 1 is 1.32 bits per heavy atom. The average Bonchev–Trinajstić information content (AvgIpc) is 3.00. The summed E-state index contributed by atoms with van der Waals surface area (Å²) in [6, 6.07) is 6.09. The zero-order chi connectivity index (χ0) is 18.0. The highest BCUT2D eigenvalue weighted by Crippen LogP contribution is 2.34. The van der Waals surface area contributed by atoms with Crippen LogP contribution in [0, 0.1) is 19.8 Å². The SMILES string of the molecule is Cc1ccc(C)c(-n2nc(CC(N)=O)nc2[C@H](O)C2CCCCC2)c1. The summed E-state index contributed by atoms with van der Waals surface area (Å²) in [6.45, 7) is 4.02. The van der Waals surface area contributed by atoms with Gasteiger partial charge in [-0.3, -0.25) is 4.79 Å². The van der Waals surface area contributed by atoms with Crippen LogP contribution in [0.25, 0.3) is 5.69 Å². The fraction of sp³-hybridized carbons (Fsp3) is 0.526. The molecule has 1 saturated carbocycles. The average molecular weight is 342 g/mol. The summed E-state index contributed by atoms with van der Waals surface area (Å²) in [6.07, 6.45) is 4.76. The quantitative estimate of drug-likeness (QED) is 0.873. The Balaban J connectivity index is 2.04. The Hall–Kier alpha value is -2.21. The number of amides is 1. The summed E-state index contributed by atoms with van der Waals surface area (Å²) >= 11 is 0. The number of primary amides is 1. The van der Waals surface area contributed by atoms with Crippen LogP contribution in [-0.4, -0.2) is 25.8 Å². The summed E-state index contributed by atoms with van der Waals surface area (Å²) in [5.74, 6) is 0.579. The maximum atomic E-state index is 11.3. The van der Waals surface area contributed by atoms with Gasteiger partial charge in [-0.1, -0.05) is 31.4 Å². The molecular formula is C19H26N4O2. The molecule has 134 valence electrons. The lowest BCUT2D eigenvalue weighted by Crippen LogP contribution is -2.20. The van der Waals surface area contributed by atoms with E-state index in [4.69, 9.17) is 5.73 Å². The van der Waals surface area contributed by atoms with Crippen molar-refractivity contribution in [2.45, 2.75) is 58.5 Å². The predicted molar refractivity (Wildman–Crippen MR) is 95.3 cm³/mol. The molecule has 3 rings (SSSR count). The Morgan fingerprint density at radius 2 is 2.04 bits per heavy atom. The van der Waals surface area contributed by atoms with Gasteiger partial charge in [-0.25, -0.2) is 9.67 Å². The van der Waals surface area contributed by atoms with Gasteiger partial charge < -0.3 is 10.8 Å². The van der Waals surface area contributed by atoms with Crippen LogP contribution >= 0.6 is 0 Å². The number of aliphatic hydroxyl groups is 1. The topological polar surface area (TPSA) is 94.0 Å². The van der Waals surface area contributed by atoms with Crippen molar-refractivity contribution in [3.05, 3.63) is 41.0 Å². The summed E-state index contributed by atoms with van der Waals surface area (Å²) in [7, 11) is 0. The Kier molecular flexibility index (Phi) is 5.18. The van der Waals surface area contributed by atoms with Crippen LogP contribution in [0.5, 0.6) is 0 Å². The van der Waals surface area contributed by atoms with Crippen molar-refractivity contribution < 1.29 is 9.90 Å². The molecule has 6 nitrogen and oxygen atoms in total. The smallest absolute Gasteiger partial charge is 0.225 e. The van der Waals surface area contributed by atoms with Gasteiger partial charge >= 0.3 is 0 Å². The highest BCUT2D eigenvalue weighted by molar-refractivity contribution is 5.75. The normalized spacial score (nSPS) is 16.8. The fourth-order valence-corrected chi connectivity index (χ4v) is 3.58. The standard InChI is InChI=1S/C19H26N4O2/c1-12-8-9-13(2)15(10-12)23-19(21-17(22-23)11-16(20)24)18(25)14-6-4-3-5-7-14/h8-10,14,18,25H,3-7,11H2,1-2H3,(H2,20,24)/t18-/m1/s1. The Morgan fingerprint density at radius 3 is 2.72 bits per heavy atom. The van der Waals surface area contributed by atoms with Crippen LogP contribution in [-0.2, 0) is 11.2 Å². The van der Waals surface area contributed by atoms with Crippen LogP contribution in [0.3, 0.4) is 0 Å². The van der Waals surface area contributed by atoms with Crippen LogP contribution in [0.1, 0.15) is 61.0 Å². The van der Waals surface area contributed by atoms with E-state index in [1.807, 2.05) is 32.0 Å². The molecule has 0 bridgehead atoms. The molecule has 1 fully saturated rings. The summed E-state index contributed by atoms with van der Waals surface area (Å²) < 4.78 is 1.69. The van der Waals surface area contributed by atoms with Crippen molar-refractivity contribution in [1.82, 2.24) is 14.8 Å². The van der Waals surface area contributed by atoms with Crippen LogP contribution in [0.2, 0.25) is 0 Å². The van der Waals surface area contributed by atoms with Gasteiger partial charge in [0.25, 0.3) is 0 Å². The molecule has 0 unspecified atom stereocenters. The van der Waals surface area contributed by atoms with Gasteiger partial charge in [-0.05, 0) is 49.8 Å². The van der Waals surface area contributed by atoms with Crippen molar-refractivity contribution in [3.63, 3.8) is 0 Å². The number of hydrogen-bond acceptors (Lipinski definition) is 4. The van der Waals surface area contributed by atoms with Crippen LogP contribution < -0.4 is 5.73 Å². The van der Waals surface area contributed by atoms with E-state index < -0.39 is 12.0 Å². The van der Waals surface area contributed by atoms with Crippen LogP contribution in [0.4, 0.5) is 0 Å². The van der Waals surface area contributed by atoms with Crippen molar-refractivity contribution in [1.29, 1.82) is 0 Å². The number of benzene rings is 1. The van der Waals surface area contributed by atoms with E-state index in [0.717, 1.165) is 42.5 Å². The molecule has 0 spiro atoms. The number of hydrogen-bond donors (Lipinski definition) is 2. The highest BCUT2D eigenvalue weighted by atomic mass is 16.3. The van der Waals surface area contributed by atoms with E-state index in [9.17, 15) is 9.90 Å². The van der Waals surface area contributed by atoms with Crippen molar-refractivity contribution in [3.8, 4) is 5.69 Å². The lowest BCUT2D eigenvalue weighted by molar-refractivity contribution is -0.117. The van der Waals surface area contributed by atoms with E-state index >= 15 is 0 Å². The molecule has 6 heteroatoms. The number of carbonyl (C=O) groups is 1.